The number of halogens is 1. The zero-order chi connectivity index (χ0) is 21.9. The van der Waals surface area contributed by atoms with Gasteiger partial charge in [0.2, 0.25) is 5.91 Å². The zero-order valence-electron chi connectivity index (χ0n) is 17.6. The predicted molar refractivity (Wildman–Crippen MR) is 126 cm³/mol. The van der Waals surface area contributed by atoms with Crippen LogP contribution in [0.3, 0.4) is 0 Å². The van der Waals surface area contributed by atoms with Crippen LogP contribution in [0, 0.1) is 0 Å². The number of pyridine rings is 1. The van der Waals surface area contributed by atoms with Gasteiger partial charge in [0.15, 0.2) is 0 Å². The first-order valence-electron chi connectivity index (χ1n) is 10.2. The summed E-state index contributed by atoms with van der Waals surface area (Å²) in [5.74, 6) is 0.712. The lowest BCUT2D eigenvalue weighted by Gasteiger charge is -2.13. The fourth-order valence-corrected chi connectivity index (χ4v) is 2.94. The highest BCUT2D eigenvalue weighted by molar-refractivity contribution is 5.92. The summed E-state index contributed by atoms with van der Waals surface area (Å²) < 4.78 is 5.48. The van der Waals surface area contributed by atoms with E-state index in [1.54, 1.807) is 24.5 Å². The van der Waals surface area contributed by atoms with Crippen LogP contribution in [0.15, 0.2) is 73.1 Å². The Morgan fingerprint density at radius 1 is 0.969 bits per heavy atom. The molecule has 1 heterocycles. The lowest BCUT2D eigenvalue weighted by Crippen LogP contribution is -2.32. The van der Waals surface area contributed by atoms with E-state index in [-0.39, 0.29) is 30.7 Å². The van der Waals surface area contributed by atoms with E-state index in [1.807, 2.05) is 36.4 Å². The molecule has 8 heteroatoms. The van der Waals surface area contributed by atoms with Gasteiger partial charge in [0.25, 0.3) is 0 Å². The Balaban J connectivity index is 0.00000363. The number of hydrogen-bond acceptors (Lipinski definition) is 6. The SMILES string of the molecule is Cl.O=C(Cc1ccncc1)Nc1ccc(CCNC[C@H](O)COc2ccc(O)cc2)cc1. The van der Waals surface area contributed by atoms with Crippen molar-refractivity contribution in [3.63, 3.8) is 0 Å². The van der Waals surface area contributed by atoms with Gasteiger partial charge >= 0.3 is 0 Å². The number of rotatable bonds is 11. The largest absolute Gasteiger partial charge is 0.508 e. The second kappa shape index (κ2) is 13.3. The van der Waals surface area contributed by atoms with Gasteiger partial charge < -0.3 is 25.6 Å². The number of carbonyl (C=O) groups excluding carboxylic acids is 1. The molecule has 3 rings (SSSR count). The van der Waals surface area contributed by atoms with Crippen LogP contribution >= 0.6 is 12.4 Å². The van der Waals surface area contributed by atoms with E-state index in [2.05, 4.69) is 15.6 Å². The number of nitrogens with one attached hydrogen (secondary N) is 2. The highest BCUT2D eigenvalue weighted by Gasteiger charge is 2.06. The molecule has 170 valence electrons. The number of phenolic OH excluding ortho intramolecular Hbond substituents is 1. The first-order valence-corrected chi connectivity index (χ1v) is 10.2. The van der Waals surface area contributed by atoms with Crippen LogP contribution in [0.4, 0.5) is 5.69 Å². The number of anilines is 1. The minimum absolute atomic E-state index is 0. The molecular weight excluding hydrogens is 430 g/mol. The van der Waals surface area contributed by atoms with Crippen LogP contribution in [-0.4, -0.2) is 46.9 Å². The van der Waals surface area contributed by atoms with Crippen LogP contribution in [0.25, 0.3) is 0 Å². The molecule has 7 nitrogen and oxygen atoms in total. The molecule has 1 amide bonds. The van der Waals surface area contributed by atoms with Crippen LogP contribution in [-0.2, 0) is 17.6 Å². The summed E-state index contributed by atoms with van der Waals surface area (Å²) in [5, 5.41) is 25.4. The van der Waals surface area contributed by atoms with Gasteiger partial charge in [-0.1, -0.05) is 12.1 Å². The van der Waals surface area contributed by atoms with Crippen molar-refractivity contribution in [2.75, 3.05) is 25.0 Å². The van der Waals surface area contributed by atoms with E-state index in [9.17, 15) is 15.0 Å². The summed E-state index contributed by atoms with van der Waals surface area (Å²) in [6.07, 6.45) is 3.83. The lowest BCUT2D eigenvalue weighted by molar-refractivity contribution is -0.115. The minimum Gasteiger partial charge on any atom is -0.508 e. The van der Waals surface area contributed by atoms with Gasteiger partial charge in [0.1, 0.15) is 24.2 Å². The number of aliphatic hydroxyl groups is 1. The summed E-state index contributed by atoms with van der Waals surface area (Å²) in [5.41, 5.74) is 2.82. The topological polar surface area (TPSA) is 104 Å². The maximum atomic E-state index is 12.1. The van der Waals surface area contributed by atoms with Gasteiger partial charge in [0, 0.05) is 24.6 Å². The van der Waals surface area contributed by atoms with E-state index >= 15 is 0 Å². The molecule has 1 aromatic heterocycles. The Kier molecular flexibility index (Phi) is 10.5. The van der Waals surface area contributed by atoms with Crippen LogP contribution in [0.1, 0.15) is 11.1 Å². The molecule has 0 aliphatic heterocycles. The molecule has 0 spiro atoms. The third-order valence-electron chi connectivity index (χ3n) is 4.60. The molecule has 4 N–H and O–H groups in total. The van der Waals surface area contributed by atoms with E-state index in [1.165, 1.54) is 12.1 Å². The molecule has 0 fully saturated rings. The fraction of sp³-hybridized carbons (Fsp3) is 0.250. The van der Waals surface area contributed by atoms with Gasteiger partial charge in [-0.05, 0) is 72.6 Å². The third kappa shape index (κ3) is 8.93. The average molecular weight is 458 g/mol. The van der Waals surface area contributed by atoms with Gasteiger partial charge in [-0.25, -0.2) is 0 Å². The third-order valence-corrected chi connectivity index (χ3v) is 4.60. The predicted octanol–water partition coefficient (Wildman–Crippen LogP) is 2.96. The van der Waals surface area contributed by atoms with Gasteiger partial charge in [-0.2, -0.15) is 0 Å². The number of carbonyl (C=O) groups is 1. The Morgan fingerprint density at radius 3 is 2.34 bits per heavy atom. The number of aromatic nitrogens is 1. The first-order chi connectivity index (χ1) is 15.1. The summed E-state index contributed by atoms with van der Waals surface area (Å²) in [6, 6.07) is 17.8. The smallest absolute Gasteiger partial charge is 0.228 e. The van der Waals surface area contributed by atoms with E-state index in [4.69, 9.17) is 4.74 Å². The summed E-state index contributed by atoms with van der Waals surface area (Å²) >= 11 is 0. The van der Waals surface area contributed by atoms with Crippen LogP contribution < -0.4 is 15.4 Å². The van der Waals surface area contributed by atoms with Crippen molar-refractivity contribution in [3.8, 4) is 11.5 Å². The normalized spacial score (nSPS) is 11.3. The quantitative estimate of drug-likeness (QED) is 0.330. The number of aliphatic hydroxyl groups excluding tert-OH is 1. The molecule has 32 heavy (non-hydrogen) atoms. The van der Waals surface area contributed by atoms with Crippen molar-refractivity contribution in [1.29, 1.82) is 0 Å². The van der Waals surface area contributed by atoms with Crippen molar-refractivity contribution < 1.29 is 19.7 Å². The standard InChI is InChI=1S/C24H27N3O4.ClH/c28-21-5-7-23(8-6-21)31-17-22(29)16-26-14-9-18-1-3-20(4-2-18)27-24(30)15-19-10-12-25-13-11-19;/h1-8,10-13,22,26,28-29H,9,14-17H2,(H,27,30);1H/t22-;/m0./s1. The average Bonchev–Trinajstić information content (AvgIpc) is 2.78. The molecular formula is C24H28ClN3O4. The Hall–Kier alpha value is -3.13. The van der Waals surface area contributed by atoms with E-state index < -0.39 is 6.10 Å². The van der Waals surface area contributed by atoms with Crippen LogP contribution in [0.5, 0.6) is 11.5 Å². The number of phenols is 1. The summed E-state index contributed by atoms with van der Waals surface area (Å²) in [7, 11) is 0. The molecule has 0 radical (unpaired) electrons. The fourth-order valence-electron chi connectivity index (χ4n) is 2.94. The maximum Gasteiger partial charge on any atom is 0.228 e. The van der Waals surface area contributed by atoms with Crippen molar-refractivity contribution >= 4 is 24.0 Å². The molecule has 0 unspecified atom stereocenters. The number of hydrogen-bond donors (Lipinski definition) is 4. The van der Waals surface area contributed by atoms with Gasteiger partial charge in [-0.15, -0.1) is 12.4 Å². The van der Waals surface area contributed by atoms with E-state index in [0.717, 1.165) is 23.2 Å². The van der Waals surface area contributed by atoms with Crippen molar-refractivity contribution in [1.82, 2.24) is 10.3 Å². The zero-order valence-corrected chi connectivity index (χ0v) is 18.4. The van der Waals surface area contributed by atoms with Gasteiger partial charge in [-0.3, -0.25) is 9.78 Å². The highest BCUT2D eigenvalue weighted by atomic mass is 35.5. The molecule has 0 bridgehead atoms. The molecule has 2 aromatic carbocycles. The number of ether oxygens (including phenoxy) is 1. The Bertz CT molecular complexity index is 938. The lowest BCUT2D eigenvalue weighted by atomic mass is 10.1. The number of benzene rings is 2. The second-order valence-electron chi connectivity index (χ2n) is 7.19. The van der Waals surface area contributed by atoms with Crippen molar-refractivity contribution in [2.24, 2.45) is 0 Å². The maximum absolute atomic E-state index is 12.1. The number of nitrogens with zero attached hydrogens (tertiary/aromatic N) is 1. The Labute approximate surface area is 193 Å². The van der Waals surface area contributed by atoms with Crippen molar-refractivity contribution in [3.05, 3.63) is 84.2 Å². The Morgan fingerprint density at radius 2 is 1.66 bits per heavy atom. The monoisotopic (exact) mass is 457 g/mol. The summed E-state index contributed by atoms with van der Waals surface area (Å²) in [6.45, 7) is 1.30. The number of amides is 1. The van der Waals surface area contributed by atoms with Crippen molar-refractivity contribution in [2.45, 2.75) is 18.9 Å². The second-order valence-corrected chi connectivity index (χ2v) is 7.19. The summed E-state index contributed by atoms with van der Waals surface area (Å²) in [4.78, 5) is 16.1. The van der Waals surface area contributed by atoms with Gasteiger partial charge in [0.05, 0.1) is 6.42 Å². The number of aromatic hydroxyl groups is 1. The minimum atomic E-state index is -0.633. The molecule has 3 aromatic rings. The molecule has 0 saturated carbocycles. The van der Waals surface area contributed by atoms with E-state index in [0.29, 0.717) is 25.3 Å². The molecule has 1 atom stereocenters. The molecule has 0 aliphatic carbocycles. The molecule has 0 aliphatic rings. The van der Waals surface area contributed by atoms with Crippen LogP contribution in [0.2, 0.25) is 0 Å². The molecule has 0 saturated heterocycles. The first kappa shape index (κ1) is 25.1. The highest BCUT2D eigenvalue weighted by Crippen LogP contribution is 2.16.